The summed E-state index contributed by atoms with van der Waals surface area (Å²) >= 11 is 1.71. The van der Waals surface area contributed by atoms with E-state index in [2.05, 4.69) is 25.3 Å². The van der Waals surface area contributed by atoms with Crippen molar-refractivity contribution in [3.8, 4) is 5.75 Å². The van der Waals surface area contributed by atoms with Gasteiger partial charge in [0.05, 0.1) is 12.6 Å². The first-order chi connectivity index (χ1) is 16.4. The molecule has 5 nitrogen and oxygen atoms in total. The van der Waals surface area contributed by atoms with Crippen LogP contribution >= 0.6 is 11.3 Å². The fourth-order valence-corrected chi connectivity index (χ4v) is 5.88. The number of carbonyl (C=O) groups is 2. The number of ether oxygens (including phenoxy) is 1. The lowest BCUT2D eigenvalue weighted by Gasteiger charge is -2.37. The smallest absolute Gasteiger partial charge is 0.242 e. The zero-order chi connectivity index (χ0) is 24.1. The summed E-state index contributed by atoms with van der Waals surface area (Å²) in [7, 11) is 0. The summed E-state index contributed by atoms with van der Waals surface area (Å²) < 4.78 is 19.3. The van der Waals surface area contributed by atoms with E-state index in [9.17, 15) is 14.0 Å². The van der Waals surface area contributed by atoms with E-state index in [-0.39, 0.29) is 36.1 Å². The average molecular weight is 487 g/mol. The average Bonchev–Trinajstić information content (AvgIpc) is 3.53. The van der Waals surface area contributed by atoms with E-state index in [0.717, 1.165) is 44.1 Å². The van der Waals surface area contributed by atoms with Crippen LogP contribution in [0.4, 0.5) is 4.39 Å². The first-order valence-corrected chi connectivity index (χ1v) is 13.3. The van der Waals surface area contributed by atoms with Crippen molar-refractivity contribution < 1.29 is 18.7 Å². The van der Waals surface area contributed by atoms with Crippen LogP contribution in [-0.4, -0.2) is 47.9 Å². The minimum absolute atomic E-state index is 0.0281. The lowest BCUT2D eigenvalue weighted by Crippen LogP contribution is -2.49. The van der Waals surface area contributed by atoms with Gasteiger partial charge in [0.15, 0.2) is 0 Å². The highest BCUT2D eigenvalue weighted by atomic mass is 32.1. The van der Waals surface area contributed by atoms with Gasteiger partial charge in [0.25, 0.3) is 0 Å². The molecule has 1 saturated carbocycles. The Hall–Kier alpha value is -2.41. The van der Waals surface area contributed by atoms with Gasteiger partial charge in [-0.2, -0.15) is 0 Å². The van der Waals surface area contributed by atoms with Crippen LogP contribution in [0.25, 0.3) is 0 Å². The van der Waals surface area contributed by atoms with E-state index in [1.165, 1.54) is 17.0 Å². The summed E-state index contributed by atoms with van der Waals surface area (Å²) in [6.45, 7) is 5.93. The fourth-order valence-electron chi connectivity index (χ4n) is 4.95. The Morgan fingerprint density at radius 3 is 2.62 bits per heavy atom. The van der Waals surface area contributed by atoms with Crippen molar-refractivity contribution in [2.24, 2.45) is 11.8 Å². The summed E-state index contributed by atoms with van der Waals surface area (Å²) in [6.07, 6.45) is 5.75. The summed E-state index contributed by atoms with van der Waals surface area (Å²) in [5.74, 6) is 0.900. The second-order valence-electron chi connectivity index (χ2n) is 9.84. The van der Waals surface area contributed by atoms with Crippen LogP contribution in [0.1, 0.15) is 62.4 Å². The topological polar surface area (TPSA) is 49.9 Å². The van der Waals surface area contributed by atoms with E-state index in [4.69, 9.17) is 4.74 Å². The predicted octanol–water partition coefficient (Wildman–Crippen LogP) is 5.46. The minimum atomic E-state index is -0.310. The molecule has 2 aliphatic rings. The Labute approximate surface area is 205 Å². The standard InChI is InChI=1S/C27H35FN2O3S/c1-19(2)11-14-29(27(32)20-5-3-4-6-20)17-26(31)30-15-12-25-23(13-16-34-25)24(30)18-33-22-9-7-21(28)8-10-22/h7-10,13,16,19-20,24H,3-6,11-12,14-15,17-18H2,1-2H3/t24-/m0/s1. The third kappa shape index (κ3) is 5.98. The maximum Gasteiger partial charge on any atom is 0.242 e. The Morgan fingerprint density at radius 2 is 1.91 bits per heavy atom. The van der Waals surface area contributed by atoms with Gasteiger partial charge < -0.3 is 14.5 Å². The van der Waals surface area contributed by atoms with Crippen molar-refractivity contribution in [2.45, 2.75) is 58.4 Å². The Morgan fingerprint density at radius 1 is 1.18 bits per heavy atom. The van der Waals surface area contributed by atoms with Crippen LogP contribution < -0.4 is 4.74 Å². The molecule has 0 spiro atoms. The normalized spacial score (nSPS) is 18.2. The number of halogens is 1. The summed E-state index contributed by atoms with van der Waals surface area (Å²) in [4.78, 5) is 31.8. The predicted molar refractivity (Wildman–Crippen MR) is 132 cm³/mol. The van der Waals surface area contributed by atoms with Crippen LogP contribution in [0, 0.1) is 17.7 Å². The van der Waals surface area contributed by atoms with Gasteiger partial charge in [-0.3, -0.25) is 9.59 Å². The molecule has 184 valence electrons. The molecule has 1 aliphatic carbocycles. The molecule has 2 aromatic rings. The lowest BCUT2D eigenvalue weighted by atomic mass is 10.00. The molecule has 0 N–H and O–H groups in total. The molecule has 0 radical (unpaired) electrons. The van der Waals surface area contributed by atoms with Gasteiger partial charge in [0, 0.05) is 23.9 Å². The molecule has 2 amide bonds. The highest BCUT2D eigenvalue weighted by molar-refractivity contribution is 7.10. The monoisotopic (exact) mass is 486 g/mol. The van der Waals surface area contributed by atoms with Crippen molar-refractivity contribution in [3.63, 3.8) is 0 Å². The lowest BCUT2D eigenvalue weighted by molar-refractivity contribution is -0.144. The van der Waals surface area contributed by atoms with E-state index in [1.54, 1.807) is 28.4 Å². The van der Waals surface area contributed by atoms with Crippen molar-refractivity contribution in [2.75, 3.05) is 26.2 Å². The maximum absolute atomic E-state index is 13.6. The molecule has 4 rings (SSSR count). The van der Waals surface area contributed by atoms with Gasteiger partial charge in [-0.25, -0.2) is 4.39 Å². The number of thiophene rings is 1. The Balaban J connectivity index is 1.48. The first-order valence-electron chi connectivity index (χ1n) is 12.4. The van der Waals surface area contributed by atoms with Crippen LogP contribution in [0.2, 0.25) is 0 Å². The number of carbonyl (C=O) groups excluding carboxylic acids is 2. The molecule has 1 aliphatic heterocycles. The Bertz CT molecular complexity index is 969. The number of rotatable bonds is 9. The SMILES string of the molecule is CC(C)CCN(CC(=O)N1CCc2sccc2[C@@H]1COc1ccc(F)cc1)C(=O)C1CCCC1. The fraction of sp³-hybridized carbons (Fsp3) is 0.556. The molecule has 0 saturated heterocycles. The van der Waals surface area contributed by atoms with Crippen LogP contribution in [-0.2, 0) is 16.0 Å². The molecule has 1 aromatic heterocycles. The molecule has 2 heterocycles. The van der Waals surface area contributed by atoms with Gasteiger partial charge in [0.2, 0.25) is 11.8 Å². The summed E-state index contributed by atoms with van der Waals surface area (Å²) in [5, 5.41) is 2.06. The van der Waals surface area contributed by atoms with Crippen molar-refractivity contribution >= 4 is 23.2 Å². The number of hydrogen-bond donors (Lipinski definition) is 0. The largest absolute Gasteiger partial charge is 0.491 e. The molecule has 1 aromatic carbocycles. The van der Waals surface area contributed by atoms with E-state index in [0.29, 0.717) is 31.4 Å². The number of amides is 2. The maximum atomic E-state index is 13.6. The van der Waals surface area contributed by atoms with Gasteiger partial charge in [-0.15, -0.1) is 11.3 Å². The second-order valence-corrected chi connectivity index (χ2v) is 10.8. The third-order valence-corrected chi connectivity index (χ3v) is 7.95. The molecule has 34 heavy (non-hydrogen) atoms. The van der Waals surface area contributed by atoms with E-state index >= 15 is 0 Å². The van der Waals surface area contributed by atoms with Gasteiger partial charge in [0.1, 0.15) is 18.2 Å². The first kappa shape index (κ1) is 24.7. The van der Waals surface area contributed by atoms with Crippen LogP contribution in [0.3, 0.4) is 0 Å². The molecule has 1 fully saturated rings. The second kappa shape index (κ2) is 11.3. The molecule has 7 heteroatoms. The highest BCUT2D eigenvalue weighted by Crippen LogP contribution is 2.34. The van der Waals surface area contributed by atoms with Crippen molar-refractivity contribution in [1.29, 1.82) is 0 Å². The number of hydrogen-bond acceptors (Lipinski definition) is 4. The molecular formula is C27H35FN2O3S. The number of benzene rings is 1. The van der Waals surface area contributed by atoms with E-state index < -0.39 is 0 Å². The van der Waals surface area contributed by atoms with Gasteiger partial charge >= 0.3 is 0 Å². The zero-order valence-corrected chi connectivity index (χ0v) is 21.0. The highest BCUT2D eigenvalue weighted by Gasteiger charge is 2.35. The minimum Gasteiger partial charge on any atom is -0.491 e. The molecule has 0 unspecified atom stereocenters. The third-order valence-electron chi connectivity index (χ3n) is 6.96. The zero-order valence-electron chi connectivity index (χ0n) is 20.2. The summed E-state index contributed by atoms with van der Waals surface area (Å²) in [5.41, 5.74) is 1.11. The molecule has 0 bridgehead atoms. The quantitative estimate of drug-likeness (QED) is 0.473. The summed E-state index contributed by atoms with van der Waals surface area (Å²) in [6, 6.07) is 7.80. The Kier molecular flexibility index (Phi) is 8.24. The molecular weight excluding hydrogens is 451 g/mol. The number of fused-ring (bicyclic) bond motifs is 1. The van der Waals surface area contributed by atoms with Crippen LogP contribution in [0.5, 0.6) is 5.75 Å². The van der Waals surface area contributed by atoms with Crippen molar-refractivity contribution in [1.82, 2.24) is 9.80 Å². The molecule has 1 atom stereocenters. The van der Waals surface area contributed by atoms with Crippen molar-refractivity contribution in [3.05, 3.63) is 52.0 Å². The van der Waals surface area contributed by atoms with Crippen LogP contribution in [0.15, 0.2) is 35.7 Å². The van der Waals surface area contributed by atoms with E-state index in [1.807, 2.05) is 4.90 Å². The van der Waals surface area contributed by atoms with Gasteiger partial charge in [-0.05, 0) is 72.9 Å². The number of nitrogens with zero attached hydrogens (tertiary/aromatic N) is 2. The van der Waals surface area contributed by atoms with Gasteiger partial charge in [-0.1, -0.05) is 26.7 Å².